The second-order valence-electron chi connectivity index (χ2n) is 11.1. The van der Waals surface area contributed by atoms with Gasteiger partial charge in [0.15, 0.2) is 0 Å². The third-order valence-electron chi connectivity index (χ3n) is 8.31. The van der Waals surface area contributed by atoms with Crippen LogP contribution in [0.25, 0.3) is 0 Å². The van der Waals surface area contributed by atoms with Gasteiger partial charge in [0, 0.05) is 40.2 Å². The van der Waals surface area contributed by atoms with E-state index in [0.29, 0.717) is 5.69 Å². The standard InChI is InChI=1S/C40H28N6/c1-6-16-29(17-7-1)35-36(30-18-8-2-9-19-30)44-39(43-35,33-24-14-5-15-25-33)40(34-28-41-26-27-42-34)45-37(31-20-10-3-11-21-31)38(46-40)32-22-12-4-13-23-32/h1-28H. The molecule has 0 fully saturated rings. The summed E-state index contributed by atoms with van der Waals surface area (Å²) in [4.78, 5) is 31.9. The van der Waals surface area contributed by atoms with Crippen molar-refractivity contribution in [3.05, 3.63) is 204 Å². The number of rotatable bonds is 7. The summed E-state index contributed by atoms with van der Waals surface area (Å²) in [5.41, 5.74) is 5.39. The molecule has 5 aromatic carbocycles. The minimum atomic E-state index is -1.43. The van der Waals surface area contributed by atoms with Crippen molar-refractivity contribution in [2.75, 3.05) is 0 Å². The summed E-state index contributed by atoms with van der Waals surface area (Å²) >= 11 is 0. The van der Waals surface area contributed by atoms with E-state index in [4.69, 9.17) is 25.0 Å². The second-order valence-corrected chi connectivity index (χ2v) is 11.1. The fourth-order valence-electron chi connectivity index (χ4n) is 6.18. The lowest BCUT2D eigenvalue weighted by Gasteiger charge is -2.37. The van der Waals surface area contributed by atoms with Gasteiger partial charge in [-0.25, -0.2) is 20.0 Å². The van der Waals surface area contributed by atoms with E-state index in [2.05, 4.69) is 65.6 Å². The van der Waals surface area contributed by atoms with E-state index in [1.54, 1.807) is 18.6 Å². The zero-order valence-electron chi connectivity index (χ0n) is 24.8. The number of hydrogen-bond donors (Lipinski definition) is 0. The molecule has 0 aliphatic carbocycles. The number of nitrogens with zero attached hydrogens (tertiary/aromatic N) is 6. The van der Waals surface area contributed by atoms with Gasteiger partial charge >= 0.3 is 0 Å². The summed E-state index contributed by atoms with van der Waals surface area (Å²) in [5.74, 6) is 0. The maximum Gasteiger partial charge on any atom is 0.245 e. The Morgan fingerprint density at radius 1 is 0.348 bits per heavy atom. The first kappa shape index (κ1) is 27.4. The summed E-state index contributed by atoms with van der Waals surface area (Å²) in [6.45, 7) is 0. The molecule has 0 N–H and O–H groups in total. The van der Waals surface area contributed by atoms with Crippen molar-refractivity contribution in [2.24, 2.45) is 20.0 Å². The van der Waals surface area contributed by atoms with E-state index in [0.717, 1.165) is 50.7 Å². The van der Waals surface area contributed by atoms with Gasteiger partial charge in [-0.1, -0.05) is 152 Å². The summed E-state index contributed by atoms with van der Waals surface area (Å²) in [5, 5.41) is 0. The molecule has 0 saturated heterocycles. The van der Waals surface area contributed by atoms with Crippen molar-refractivity contribution in [1.82, 2.24) is 9.97 Å². The topological polar surface area (TPSA) is 75.2 Å². The van der Waals surface area contributed by atoms with E-state index in [-0.39, 0.29) is 0 Å². The van der Waals surface area contributed by atoms with Crippen molar-refractivity contribution < 1.29 is 0 Å². The Hall–Kier alpha value is -6.14. The first-order chi connectivity index (χ1) is 22.8. The Kier molecular flexibility index (Phi) is 6.80. The molecule has 8 rings (SSSR count). The monoisotopic (exact) mass is 592 g/mol. The average Bonchev–Trinajstić information content (AvgIpc) is 3.77. The quantitative estimate of drug-likeness (QED) is 0.193. The van der Waals surface area contributed by atoms with Crippen LogP contribution in [-0.2, 0) is 11.3 Å². The lowest BCUT2D eigenvalue weighted by molar-refractivity contribution is 0.249. The molecule has 0 spiro atoms. The predicted molar refractivity (Wildman–Crippen MR) is 184 cm³/mol. The van der Waals surface area contributed by atoms with Crippen LogP contribution in [0.4, 0.5) is 0 Å². The van der Waals surface area contributed by atoms with Gasteiger partial charge in [-0.15, -0.1) is 0 Å². The summed E-state index contributed by atoms with van der Waals surface area (Å²) < 4.78 is 0. The van der Waals surface area contributed by atoms with Crippen molar-refractivity contribution in [1.29, 1.82) is 0 Å². The molecule has 46 heavy (non-hydrogen) atoms. The van der Waals surface area contributed by atoms with E-state index >= 15 is 0 Å². The van der Waals surface area contributed by atoms with Crippen LogP contribution in [-0.4, -0.2) is 32.8 Å². The van der Waals surface area contributed by atoms with Crippen molar-refractivity contribution >= 4 is 22.8 Å². The molecule has 2 aliphatic rings. The molecule has 3 heterocycles. The van der Waals surface area contributed by atoms with Gasteiger partial charge in [-0.3, -0.25) is 9.97 Å². The molecule has 1 aromatic heterocycles. The predicted octanol–water partition coefficient (Wildman–Crippen LogP) is 7.47. The molecule has 0 atom stereocenters. The number of hydrogen-bond acceptors (Lipinski definition) is 6. The van der Waals surface area contributed by atoms with E-state index in [1.807, 2.05) is 91.0 Å². The molecule has 6 aromatic rings. The lowest BCUT2D eigenvalue weighted by Crippen LogP contribution is -2.43. The van der Waals surface area contributed by atoms with Crippen LogP contribution >= 0.6 is 0 Å². The molecule has 0 amide bonds. The molecular weight excluding hydrogens is 564 g/mol. The van der Waals surface area contributed by atoms with E-state index in [9.17, 15) is 0 Å². The molecule has 0 radical (unpaired) electrons. The van der Waals surface area contributed by atoms with Crippen LogP contribution < -0.4 is 0 Å². The van der Waals surface area contributed by atoms with Crippen molar-refractivity contribution in [3.8, 4) is 0 Å². The van der Waals surface area contributed by atoms with E-state index < -0.39 is 11.3 Å². The summed E-state index contributed by atoms with van der Waals surface area (Å²) in [6.07, 6.45) is 5.08. The Morgan fingerprint density at radius 2 is 0.696 bits per heavy atom. The highest BCUT2D eigenvalue weighted by molar-refractivity contribution is 6.55. The summed E-state index contributed by atoms with van der Waals surface area (Å²) in [6, 6.07) is 50.8. The smallest absolute Gasteiger partial charge is 0.245 e. The molecule has 218 valence electrons. The molecule has 0 bridgehead atoms. The first-order valence-electron chi connectivity index (χ1n) is 15.2. The van der Waals surface area contributed by atoms with Crippen molar-refractivity contribution in [3.63, 3.8) is 0 Å². The first-order valence-corrected chi connectivity index (χ1v) is 15.2. The lowest BCUT2D eigenvalue weighted by atomic mass is 9.85. The van der Waals surface area contributed by atoms with Crippen LogP contribution in [0, 0.1) is 0 Å². The van der Waals surface area contributed by atoms with Crippen LogP contribution in [0.1, 0.15) is 33.5 Å². The molecule has 6 nitrogen and oxygen atoms in total. The van der Waals surface area contributed by atoms with Gasteiger partial charge in [0.2, 0.25) is 11.3 Å². The molecule has 2 aliphatic heterocycles. The number of benzene rings is 5. The largest absolute Gasteiger partial charge is 0.261 e. The van der Waals surface area contributed by atoms with Gasteiger partial charge in [0.1, 0.15) is 5.69 Å². The fourth-order valence-corrected chi connectivity index (χ4v) is 6.18. The molecule has 0 saturated carbocycles. The fraction of sp³-hybridized carbons (Fsp3) is 0.0500. The molecule has 6 heteroatoms. The third-order valence-corrected chi connectivity index (χ3v) is 8.31. The number of aliphatic imine (C=N–C) groups is 4. The highest BCUT2D eigenvalue weighted by Crippen LogP contribution is 2.53. The SMILES string of the molecule is c1ccc(C2=NC(c3ccccc3)(C3(c4cnccn4)N=C(c4ccccc4)C(c4ccccc4)=N3)N=C2c2ccccc2)cc1. The summed E-state index contributed by atoms with van der Waals surface area (Å²) in [7, 11) is 0. The third kappa shape index (κ3) is 4.50. The molecule has 0 unspecified atom stereocenters. The van der Waals surface area contributed by atoms with Gasteiger partial charge in [0.25, 0.3) is 0 Å². The number of aromatic nitrogens is 2. The Bertz CT molecular complexity index is 1840. The Balaban J connectivity index is 1.52. The van der Waals surface area contributed by atoms with Crippen molar-refractivity contribution in [2.45, 2.75) is 11.3 Å². The normalized spacial score (nSPS) is 16.3. The van der Waals surface area contributed by atoms with Gasteiger partial charge < -0.3 is 0 Å². The van der Waals surface area contributed by atoms with Crippen LogP contribution in [0.2, 0.25) is 0 Å². The van der Waals surface area contributed by atoms with Gasteiger partial charge in [-0.2, -0.15) is 0 Å². The van der Waals surface area contributed by atoms with Gasteiger partial charge in [0.05, 0.1) is 29.0 Å². The van der Waals surface area contributed by atoms with Gasteiger partial charge in [-0.05, 0) is 0 Å². The minimum Gasteiger partial charge on any atom is -0.261 e. The molecular formula is C40H28N6. The highest BCUT2D eigenvalue weighted by Gasteiger charge is 2.61. The maximum atomic E-state index is 5.64. The maximum absolute atomic E-state index is 5.64. The zero-order valence-corrected chi connectivity index (χ0v) is 24.8. The van der Waals surface area contributed by atoms with Crippen LogP contribution in [0.15, 0.2) is 190 Å². The Labute approximate surface area is 267 Å². The highest BCUT2D eigenvalue weighted by atomic mass is 15.3. The van der Waals surface area contributed by atoms with Crippen LogP contribution in [0.3, 0.4) is 0 Å². The second kappa shape index (κ2) is 11.4. The zero-order chi connectivity index (χ0) is 30.8. The Morgan fingerprint density at radius 3 is 1.04 bits per heavy atom. The van der Waals surface area contributed by atoms with E-state index in [1.165, 1.54) is 0 Å². The minimum absolute atomic E-state index is 0.549. The van der Waals surface area contributed by atoms with Crippen LogP contribution in [0.5, 0.6) is 0 Å². The average molecular weight is 593 g/mol.